The number of halogens is 2. The average Bonchev–Trinajstić information content (AvgIpc) is 2.60. The Bertz CT molecular complexity index is 786. The number of hydrogen-bond donors (Lipinski definition) is 2. The highest BCUT2D eigenvalue weighted by molar-refractivity contribution is 14.0. The summed E-state index contributed by atoms with van der Waals surface area (Å²) in [5.74, 6) is 0.0769. The van der Waals surface area contributed by atoms with E-state index in [9.17, 15) is 4.39 Å². The number of aliphatic imine (C=N–C) groups is 1. The van der Waals surface area contributed by atoms with E-state index in [4.69, 9.17) is 10.5 Å². The molecule has 0 atom stereocenters. The third-order valence-electron chi connectivity index (χ3n) is 4.29. The summed E-state index contributed by atoms with van der Waals surface area (Å²) in [5, 5.41) is 3.08. The molecule has 2 aromatic rings. The van der Waals surface area contributed by atoms with Crippen LogP contribution in [0.15, 0.2) is 41.4 Å². The van der Waals surface area contributed by atoms with E-state index in [-0.39, 0.29) is 29.8 Å². The van der Waals surface area contributed by atoms with Gasteiger partial charge < -0.3 is 20.7 Å². The lowest BCUT2D eigenvalue weighted by Gasteiger charge is -2.29. The Balaban J connectivity index is 0.00000261. The molecular weight excluding hydrogens is 458 g/mol. The smallest absolute Gasteiger partial charge is 0.193 e. The summed E-state index contributed by atoms with van der Waals surface area (Å²) >= 11 is 0. The van der Waals surface area contributed by atoms with Crippen LogP contribution in [0.3, 0.4) is 0 Å². The molecule has 7 heteroatoms. The standard InChI is InChI=1S/C20H25FN4O.HI/c1-14-9-15(2)11-17(10-14)24-20(22)23-13-16-3-4-19(18(21)12-16)25-5-7-26-8-6-25;/h3-4,9-12H,5-8,13H2,1-2H3,(H3,22,23,24);1H. The Hall–Kier alpha value is -1.87. The monoisotopic (exact) mass is 484 g/mol. The van der Waals surface area contributed by atoms with Gasteiger partial charge >= 0.3 is 0 Å². The topological polar surface area (TPSA) is 62.9 Å². The summed E-state index contributed by atoms with van der Waals surface area (Å²) in [4.78, 5) is 6.32. The predicted octanol–water partition coefficient (Wildman–Crippen LogP) is 3.82. The van der Waals surface area contributed by atoms with E-state index in [0.717, 1.165) is 22.4 Å². The fourth-order valence-electron chi connectivity index (χ4n) is 3.12. The second-order valence-electron chi connectivity index (χ2n) is 6.59. The third kappa shape index (κ3) is 6.07. The van der Waals surface area contributed by atoms with Crippen LogP contribution in [0.4, 0.5) is 15.8 Å². The minimum Gasteiger partial charge on any atom is -0.378 e. The first-order valence-corrected chi connectivity index (χ1v) is 8.77. The first-order chi connectivity index (χ1) is 12.5. The number of benzene rings is 2. The Morgan fingerprint density at radius 2 is 1.81 bits per heavy atom. The lowest BCUT2D eigenvalue weighted by atomic mass is 10.1. The first kappa shape index (κ1) is 21.4. The quantitative estimate of drug-likeness (QED) is 0.394. The van der Waals surface area contributed by atoms with Crippen molar-refractivity contribution in [3.8, 4) is 0 Å². The molecular formula is C20H26FIN4O. The maximum absolute atomic E-state index is 14.4. The van der Waals surface area contributed by atoms with Gasteiger partial charge in [-0.2, -0.15) is 0 Å². The Kier molecular flexibility index (Phi) is 7.85. The van der Waals surface area contributed by atoms with E-state index in [1.807, 2.05) is 36.9 Å². The van der Waals surface area contributed by atoms with E-state index in [1.165, 1.54) is 6.07 Å². The van der Waals surface area contributed by atoms with Crippen molar-refractivity contribution in [3.05, 3.63) is 58.9 Å². The molecule has 2 aromatic carbocycles. The molecule has 0 radical (unpaired) electrons. The molecule has 146 valence electrons. The second-order valence-corrected chi connectivity index (χ2v) is 6.59. The molecule has 27 heavy (non-hydrogen) atoms. The molecule has 0 spiro atoms. The van der Waals surface area contributed by atoms with Crippen LogP contribution < -0.4 is 16.0 Å². The Morgan fingerprint density at radius 3 is 2.44 bits per heavy atom. The highest BCUT2D eigenvalue weighted by Crippen LogP contribution is 2.22. The highest BCUT2D eigenvalue weighted by atomic mass is 127. The van der Waals surface area contributed by atoms with Crippen molar-refractivity contribution in [2.24, 2.45) is 10.7 Å². The van der Waals surface area contributed by atoms with E-state index in [0.29, 0.717) is 44.5 Å². The Labute approximate surface area is 176 Å². The van der Waals surface area contributed by atoms with Gasteiger partial charge in [-0.3, -0.25) is 0 Å². The summed E-state index contributed by atoms with van der Waals surface area (Å²) < 4.78 is 19.7. The minimum absolute atomic E-state index is 0. The lowest BCUT2D eigenvalue weighted by molar-refractivity contribution is 0.122. The number of anilines is 2. The summed E-state index contributed by atoms with van der Waals surface area (Å²) in [6, 6.07) is 11.3. The van der Waals surface area contributed by atoms with Gasteiger partial charge in [0.25, 0.3) is 0 Å². The van der Waals surface area contributed by atoms with Crippen LogP contribution in [-0.2, 0) is 11.3 Å². The van der Waals surface area contributed by atoms with Crippen LogP contribution in [0.2, 0.25) is 0 Å². The van der Waals surface area contributed by atoms with E-state index in [1.54, 1.807) is 6.07 Å². The highest BCUT2D eigenvalue weighted by Gasteiger charge is 2.15. The largest absolute Gasteiger partial charge is 0.378 e. The lowest BCUT2D eigenvalue weighted by Crippen LogP contribution is -2.36. The zero-order valence-corrected chi connectivity index (χ0v) is 18.0. The van der Waals surface area contributed by atoms with Crippen molar-refractivity contribution in [1.82, 2.24) is 0 Å². The van der Waals surface area contributed by atoms with Gasteiger partial charge in [0.15, 0.2) is 5.96 Å². The molecule has 0 aromatic heterocycles. The number of rotatable bonds is 4. The van der Waals surface area contributed by atoms with Crippen molar-refractivity contribution in [2.45, 2.75) is 20.4 Å². The van der Waals surface area contributed by atoms with Gasteiger partial charge in [-0.25, -0.2) is 9.38 Å². The third-order valence-corrected chi connectivity index (χ3v) is 4.29. The van der Waals surface area contributed by atoms with E-state index < -0.39 is 0 Å². The molecule has 5 nitrogen and oxygen atoms in total. The molecule has 0 saturated carbocycles. The molecule has 1 aliphatic heterocycles. The van der Waals surface area contributed by atoms with Crippen LogP contribution in [0.25, 0.3) is 0 Å². The maximum Gasteiger partial charge on any atom is 0.193 e. The van der Waals surface area contributed by atoms with E-state index >= 15 is 0 Å². The van der Waals surface area contributed by atoms with Gasteiger partial charge in [0.2, 0.25) is 0 Å². The van der Waals surface area contributed by atoms with Crippen molar-refractivity contribution < 1.29 is 9.13 Å². The minimum atomic E-state index is -0.236. The number of nitrogens with two attached hydrogens (primary N) is 1. The number of ether oxygens (including phenoxy) is 1. The normalized spacial score (nSPS) is 14.6. The second kappa shape index (κ2) is 9.89. The number of aryl methyl sites for hydroxylation is 2. The van der Waals surface area contributed by atoms with Crippen molar-refractivity contribution in [1.29, 1.82) is 0 Å². The van der Waals surface area contributed by atoms with Crippen molar-refractivity contribution >= 4 is 41.3 Å². The van der Waals surface area contributed by atoms with Gasteiger partial charge in [0, 0.05) is 18.8 Å². The molecule has 1 fully saturated rings. The van der Waals surface area contributed by atoms with E-state index in [2.05, 4.69) is 16.4 Å². The van der Waals surface area contributed by atoms with Crippen LogP contribution >= 0.6 is 24.0 Å². The summed E-state index contributed by atoms with van der Waals surface area (Å²) in [6.45, 7) is 7.07. The fourth-order valence-corrected chi connectivity index (χ4v) is 3.12. The van der Waals surface area contributed by atoms with Gasteiger partial charge in [-0.05, 0) is 54.8 Å². The zero-order valence-electron chi connectivity index (χ0n) is 15.7. The number of nitrogens with zero attached hydrogens (tertiary/aromatic N) is 2. The maximum atomic E-state index is 14.4. The SMILES string of the molecule is Cc1cc(C)cc(NC(N)=NCc2ccc(N3CCOCC3)c(F)c2)c1.I. The molecule has 1 saturated heterocycles. The fraction of sp³-hybridized carbons (Fsp3) is 0.350. The number of guanidine groups is 1. The Morgan fingerprint density at radius 1 is 1.15 bits per heavy atom. The zero-order chi connectivity index (χ0) is 18.5. The van der Waals surface area contributed by atoms with Gasteiger partial charge in [0.1, 0.15) is 5.82 Å². The van der Waals surface area contributed by atoms with Gasteiger partial charge in [-0.15, -0.1) is 24.0 Å². The number of morpholine rings is 1. The molecule has 0 unspecified atom stereocenters. The van der Waals surface area contributed by atoms with Crippen LogP contribution in [0.5, 0.6) is 0 Å². The average molecular weight is 484 g/mol. The molecule has 0 amide bonds. The number of hydrogen-bond acceptors (Lipinski definition) is 3. The first-order valence-electron chi connectivity index (χ1n) is 8.77. The summed E-state index contributed by atoms with van der Waals surface area (Å²) in [5.41, 5.74) is 10.6. The van der Waals surface area contributed by atoms with Gasteiger partial charge in [-0.1, -0.05) is 12.1 Å². The van der Waals surface area contributed by atoms with Crippen molar-refractivity contribution in [3.63, 3.8) is 0 Å². The van der Waals surface area contributed by atoms with Gasteiger partial charge in [0.05, 0.1) is 25.4 Å². The van der Waals surface area contributed by atoms with Crippen LogP contribution in [0.1, 0.15) is 16.7 Å². The predicted molar refractivity (Wildman–Crippen MR) is 120 cm³/mol. The summed E-state index contributed by atoms with van der Waals surface area (Å²) in [6.07, 6.45) is 0. The summed E-state index contributed by atoms with van der Waals surface area (Å²) in [7, 11) is 0. The molecule has 3 N–H and O–H groups in total. The van der Waals surface area contributed by atoms with Crippen LogP contribution in [-0.4, -0.2) is 32.3 Å². The van der Waals surface area contributed by atoms with Crippen molar-refractivity contribution in [2.75, 3.05) is 36.5 Å². The number of nitrogens with one attached hydrogen (secondary N) is 1. The molecule has 0 aliphatic carbocycles. The molecule has 0 bridgehead atoms. The molecule has 3 rings (SSSR count). The van der Waals surface area contributed by atoms with Crippen LogP contribution in [0, 0.1) is 19.7 Å². The molecule has 1 aliphatic rings. The molecule has 1 heterocycles.